The van der Waals surface area contributed by atoms with E-state index in [0.717, 1.165) is 5.56 Å². The highest BCUT2D eigenvalue weighted by molar-refractivity contribution is 6.31. The lowest BCUT2D eigenvalue weighted by Gasteiger charge is -2.17. The van der Waals surface area contributed by atoms with Gasteiger partial charge < -0.3 is 0 Å². The maximum absolute atomic E-state index is 13.1. The molecule has 0 saturated heterocycles. The molecule has 0 N–H and O–H groups in total. The highest BCUT2D eigenvalue weighted by Gasteiger charge is 2.08. The van der Waals surface area contributed by atoms with Crippen molar-refractivity contribution in [2.75, 3.05) is 7.05 Å². The molecule has 1 aromatic carbocycles. The van der Waals surface area contributed by atoms with Gasteiger partial charge in [-0.1, -0.05) is 23.7 Å². The van der Waals surface area contributed by atoms with Gasteiger partial charge in [-0.15, -0.1) is 0 Å². The number of hydrogen-bond acceptors (Lipinski definition) is 3. The first-order chi connectivity index (χ1) is 11.0. The zero-order chi connectivity index (χ0) is 16.4. The van der Waals surface area contributed by atoms with Gasteiger partial charge in [-0.2, -0.15) is 0 Å². The topological polar surface area (TPSA) is 37.6 Å². The summed E-state index contributed by atoms with van der Waals surface area (Å²) in [5, 5.41) is 0.392. The van der Waals surface area contributed by atoms with Gasteiger partial charge in [0.2, 0.25) is 0 Å². The maximum atomic E-state index is 13.1. The van der Waals surface area contributed by atoms with Crippen molar-refractivity contribution in [3.05, 3.63) is 81.1 Å². The van der Waals surface area contributed by atoms with Crippen molar-refractivity contribution in [3.8, 4) is 0 Å². The fraction of sp³-hybridized carbons (Fsp3) is 0.176. The normalized spacial score (nSPS) is 11.3. The van der Waals surface area contributed by atoms with E-state index in [1.807, 2.05) is 18.0 Å². The van der Waals surface area contributed by atoms with Gasteiger partial charge in [-0.3, -0.25) is 14.1 Å². The standard InChI is InChI=1S/C17H15ClFN3O/c1-21(10-12-5-6-13(19)8-15(12)18)11-14-9-17(23)22-7-3-2-4-16(22)20-14/h2-9H,10-11H2,1H3. The maximum Gasteiger partial charge on any atom is 0.258 e. The van der Waals surface area contributed by atoms with Crippen LogP contribution in [0.5, 0.6) is 0 Å². The van der Waals surface area contributed by atoms with Gasteiger partial charge in [0.05, 0.1) is 5.69 Å². The van der Waals surface area contributed by atoms with E-state index in [4.69, 9.17) is 11.6 Å². The molecule has 0 atom stereocenters. The van der Waals surface area contributed by atoms with Crippen LogP contribution in [0.3, 0.4) is 0 Å². The van der Waals surface area contributed by atoms with Gasteiger partial charge in [0.15, 0.2) is 0 Å². The summed E-state index contributed by atoms with van der Waals surface area (Å²) in [7, 11) is 1.90. The first-order valence-corrected chi connectivity index (χ1v) is 7.50. The van der Waals surface area contributed by atoms with Crippen LogP contribution in [0.2, 0.25) is 5.02 Å². The first-order valence-electron chi connectivity index (χ1n) is 7.13. The van der Waals surface area contributed by atoms with Crippen molar-refractivity contribution in [1.82, 2.24) is 14.3 Å². The van der Waals surface area contributed by atoms with Crippen LogP contribution >= 0.6 is 11.6 Å². The summed E-state index contributed by atoms with van der Waals surface area (Å²) >= 11 is 6.04. The van der Waals surface area contributed by atoms with Crippen LogP contribution in [0.4, 0.5) is 4.39 Å². The highest BCUT2D eigenvalue weighted by Crippen LogP contribution is 2.19. The molecule has 0 aliphatic rings. The molecule has 0 unspecified atom stereocenters. The van der Waals surface area contributed by atoms with Gasteiger partial charge in [0.1, 0.15) is 11.5 Å². The number of fused-ring (bicyclic) bond motifs is 1. The number of rotatable bonds is 4. The highest BCUT2D eigenvalue weighted by atomic mass is 35.5. The Bertz CT molecular complexity index is 910. The average molecular weight is 332 g/mol. The average Bonchev–Trinajstić information content (AvgIpc) is 2.50. The predicted octanol–water partition coefficient (Wildman–Crippen LogP) is 3.12. The molecule has 0 fully saturated rings. The van der Waals surface area contributed by atoms with E-state index in [1.54, 1.807) is 24.4 Å². The summed E-state index contributed by atoms with van der Waals surface area (Å²) in [5.41, 5.74) is 2.01. The number of hydrogen-bond donors (Lipinski definition) is 0. The van der Waals surface area contributed by atoms with Crippen molar-refractivity contribution in [1.29, 1.82) is 0 Å². The van der Waals surface area contributed by atoms with Gasteiger partial charge in [0, 0.05) is 30.4 Å². The Hall–Kier alpha value is -2.24. The molecular weight excluding hydrogens is 317 g/mol. The SMILES string of the molecule is CN(Cc1cc(=O)n2ccccc2n1)Cc1ccc(F)cc1Cl. The van der Waals surface area contributed by atoms with Crippen LogP contribution in [-0.2, 0) is 13.1 Å². The Balaban J connectivity index is 1.80. The molecule has 2 aromatic heterocycles. The van der Waals surface area contributed by atoms with E-state index in [9.17, 15) is 9.18 Å². The minimum absolute atomic E-state index is 0.112. The zero-order valence-corrected chi connectivity index (χ0v) is 13.3. The third-order valence-corrected chi connectivity index (χ3v) is 3.86. The van der Waals surface area contributed by atoms with Crippen LogP contribution in [0, 0.1) is 5.82 Å². The van der Waals surface area contributed by atoms with Crippen LogP contribution in [0.1, 0.15) is 11.3 Å². The second kappa shape index (κ2) is 6.48. The number of benzene rings is 1. The van der Waals surface area contributed by atoms with E-state index in [1.165, 1.54) is 22.6 Å². The Labute approximate surface area is 137 Å². The minimum atomic E-state index is -0.356. The summed E-state index contributed by atoms with van der Waals surface area (Å²) in [4.78, 5) is 18.5. The van der Waals surface area contributed by atoms with Gasteiger partial charge >= 0.3 is 0 Å². The van der Waals surface area contributed by atoms with E-state index in [2.05, 4.69) is 4.98 Å². The summed E-state index contributed by atoms with van der Waals surface area (Å²) in [6.45, 7) is 1.03. The second-order valence-corrected chi connectivity index (χ2v) is 5.83. The molecule has 6 heteroatoms. The molecular formula is C17H15ClFN3O. The fourth-order valence-electron chi connectivity index (χ4n) is 2.46. The third kappa shape index (κ3) is 3.57. The molecule has 0 spiro atoms. The van der Waals surface area contributed by atoms with E-state index < -0.39 is 0 Å². The van der Waals surface area contributed by atoms with E-state index in [-0.39, 0.29) is 11.4 Å². The third-order valence-electron chi connectivity index (χ3n) is 3.51. The van der Waals surface area contributed by atoms with Crippen molar-refractivity contribution >= 4 is 17.2 Å². The molecule has 3 rings (SSSR count). The molecule has 23 heavy (non-hydrogen) atoms. The monoisotopic (exact) mass is 331 g/mol. The van der Waals surface area contributed by atoms with Crippen LogP contribution in [0.15, 0.2) is 53.5 Å². The Morgan fingerprint density at radius 2 is 2.04 bits per heavy atom. The number of nitrogens with zero attached hydrogens (tertiary/aromatic N) is 3. The molecule has 0 amide bonds. The van der Waals surface area contributed by atoms with Crippen molar-refractivity contribution in [2.24, 2.45) is 0 Å². The molecule has 0 aliphatic heterocycles. The molecule has 0 radical (unpaired) electrons. The Kier molecular flexibility index (Phi) is 4.41. The molecule has 2 heterocycles. The quantitative estimate of drug-likeness (QED) is 0.737. The largest absolute Gasteiger partial charge is 0.296 e. The van der Waals surface area contributed by atoms with Gasteiger partial charge in [-0.25, -0.2) is 9.37 Å². The lowest BCUT2D eigenvalue weighted by atomic mass is 10.2. The molecule has 3 aromatic rings. The van der Waals surface area contributed by atoms with Crippen molar-refractivity contribution in [3.63, 3.8) is 0 Å². The summed E-state index contributed by atoms with van der Waals surface area (Å²) < 4.78 is 14.6. The Morgan fingerprint density at radius 3 is 2.83 bits per heavy atom. The molecule has 4 nitrogen and oxygen atoms in total. The molecule has 0 saturated carbocycles. The summed E-state index contributed by atoms with van der Waals surface area (Å²) in [5.74, 6) is -0.356. The summed E-state index contributed by atoms with van der Waals surface area (Å²) in [6, 6.07) is 11.3. The van der Waals surface area contributed by atoms with Crippen LogP contribution in [-0.4, -0.2) is 21.3 Å². The van der Waals surface area contributed by atoms with E-state index in [0.29, 0.717) is 29.5 Å². The van der Waals surface area contributed by atoms with Crippen molar-refractivity contribution in [2.45, 2.75) is 13.1 Å². The molecule has 118 valence electrons. The molecule has 0 bridgehead atoms. The number of halogens is 2. The lowest BCUT2D eigenvalue weighted by molar-refractivity contribution is 0.315. The second-order valence-electron chi connectivity index (χ2n) is 5.42. The zero-order valence-electron chi connectivity index (χ0n) is 12.5. The predicted molar refractivity (Wildman–Crippen MR) is 88.0 cm³/mol. The first kappa shape index (κ1) is 15.6. The fourth-order valence-corrected chi connectivity index (χ4v) is 2.68. The Morgan fingerprint density at radius 1 is 1.22 bits per heavy atom. The van der Waals surface area contributed by atoms with Crippen LogP contribution < -0.4 is 5.56 Å². The smallest absolute Gasteiger partial charge is 0.258 e. The van der Waals surface area contributed by atoms with E-state index >= 15 is 0 Å². The minimum Gasteiger partial charge on any atom is -0.296 e. The van der Waals surface area contributed by atoms with Crippen LogP contribution in [0.25, 0.3) is 5.65 Å². The van der Waals surface area contributed by atoms with Gasteiger partial charge in [-0.05, 0) is 36.9 Å². The number of aromatic nitrogens is 2. The number of pyridine rings is 1. The van der Waals surface area contributed by atoms with Gasteiger partial charge in [0.25, 0.3) is 5.56 Å². The molecule has 0 aliphatic carbocycles. The lowest BCUT2D eigenvalue weighted by Crippen LogP contribution is -2.21. The van der Waals surface area contributed by atoms with Crippen molar-refractivity contribution < 1.29 is 4.39 Å². The summed E-state index contributed by atoms with van der Waals surface area (Å²) in [6.07, 6.45) is 1.69.